The molecule has 158 valence electrons. The molecule has 0 spiro atoms. The lowest BCUT2D eigenvalue weighted by atomic mass is 10.0. The summed E-state index contributed by atoms with van der Waals surface area (Å²) in [7, 11) is 4.82. The number of ether oxygens (including phenoxy) is 1. The first-order valence-corrected chi connectivity index (χ1v) is 10.6. The van der Waals surface area contributed by atoms with Crippen LogP contribution in [0.4, 0.5) is 0 Å². The van der Waals surface area contributed by atoms with E-state index in [4.69, 9.17) is 4.74 Å². The molecule has 1 N–H and O–H groups in total. The van der Waals surface area contributed by atoms with Gasteiger partial charge in [0.2, 0.25) is 10.0 Å². The molecule has 29 heavy (non-hydrogen) atoms. The maximum atomic E-state index is 12.8. The van der Waals surface area contributed by atoms with Crippen LogP contribution in [-0.2, 0) is 10.0 Å². The minimum atomic E-state index is -3.61. The van der Waals surface area contributed by atoms with Gasteiger partial charge in [-0.15, -0.1) is 0 Å². The van der Waals surface area contributed by atoms with Crippen molar-refractivity contribution in [1.29, 1.82) is 0 Å². The Morgan fingerprint density at radius 2 is 1.69 bits per heavy atom. The van der Waals surface area contributed by atoms with Gasteiger partial charge in [-0.05, 0) is 56.4 Å². The van der Waals surface area contributed by atoms with Crippen molar-refractivity contribution in [2.75, 3.05) is 41.8 Å². The average molecular weight is 420 g/mol. The maximum absolute atomic E-state index is 12.8. The summed E-state index contributed by atoms with van der Waals surface area (Å²) in [5, 5.41) is 2.94. The molecule has 0 aromatic heterocycles. The van der Waals surface area contributed by atoms with Crippen molar-refractivity contribution < 1.29 is 17.9 Å². The zero-order valence-electron chi connectivity index (χ0n) is 17.8. The van der Waals surface area contributed by atoms with E-state index in [1.54, 1.807) is 20.1 Å². The van der Waals surface area contributed by atoms with Crippen molar-refractivity contribution in [2.24, 2.45) is 0 Å². The monoisotopic (exact) mass is 419 g/mol. The molecule has 0 fully saturated rings. The first-order valence-electron chi connectivity index (χ1n) is 9.19. The summed E-state index contributed by atoms with van der Waals surface area (Å²) in [4.78, 5) is 14.9. The molecule has 0 saturated carbocycles. The van der Waals surface area contributed by atoms with E-state index < -0.39 is 10.0 Å². The lowest BCUT2D eigenvalue weighted by molar-refractivity contribution is 0.0941. The molecule has 2 rings (SSSR count). The van der Waals surface area contributed by atoms with E-state index in [0.29, 0.717) is 17.7 Å². The number of rotatable bonds is 8. The largest absolute Gasteiger partial charge is 0.497 e. The van der Waals surface area contributed by atoms with Gasteiger partial charge in [0.05, 0.1) is 18.0 Å². The Labute approximate surface area is 173 Å². The van der Waals surface area contributed by atoms with Crippen LogP contribution in [0.2, 0.25) is 0 Å². The molecule has 0 radical (unpaired) electrons. The first kappa shape index (κ1) is 22.9. The van der Waals surface area contributed by atoms with Gasteiger partial charge in [-0.25, -0.2) is 12.7 Å². The predicted octanol–water partition coefficient (Wildman–Crippen LogP) is 2.29. The molecule has 7 nitrogen and oxygen atoms in total. The normalized spacial score (nSPS) is 12.8. The number of carbonyl (C=O) groups is 1. The molecule has 0 aliphatic heterocycles. The van der Waals surface area contributed by atoms with Crippen molar-refractivity contribution in [3.63, 3.8) is 0 Å². The number of aryl methyl sites for hydroxylation is 1. The number of amides is 1. The molecule has 0 bridgehead atoms. The Morgan fingerprint density at radius 3 is 2.21 bits per heavy atom. The molecule has 0 heterocycles. The first-order chi connectivity index (χ1) is 13.6. The highest BCUT2D eigenvalue weighted by Gasteiger charge is 2.21. The Morgan fingerprint density at radius 1 is 1.07 bits per heavy atom. The fourth-order valence-corrected chi connectivity index (χ4v) is 3.85. The van der Waals surface area contributed by atoms with Crippen LogP contribution >= 0.6 is 0 Å². The van der Waals surface area contributed by atoms with Gasteiger partial charge in [0.25, 0.3) is 5.91 Å². The van der Waals surface area contributed by atoms with Crippen LogP contribution in [0, 0.1) is 6.92 Å². The van der Waals surface area contributed by atoms with Crippen LogP contribution in [0.5, 0.6) is 5.75 Å². The number of methoxy groups -OCH3 is 1. The second-order valence-electron chi connectivity index (χ2n) is 7.23. The molecule has 2 aromatic carbocycles. The summed E-state index contributed by atoms with van der Waals surface area (Å²) < 4.78 is 31.1. The number of carbonyl (C=O) groups excluding carboxylic acids is 1. The summed E-state index contributed by atoms with van der Waals surface area (Å²) in [5.74, 6) is 0.462. The Hall–Kier alpha value is -2.42. The molecule has 1 amide bonds. The molecule has 0 aliphatic carbocycles. The van der Waals surface area contributed by atoms with Crippen LogP contribution in [0.3, 0.4) is 0 Å². The molecular formula is C21H29N3O4S. The van der Waals surface area contributed by atoms with Crippen LogP contribution in [-0.4, -0.2) is 65.4 Å². The average Bonchev–Trinajstić information content (AvgIpc) is 2.68. The molecule has 0 aliphatic rings. The summed E-state index contributed by atoms with van der Waals surface area (Å²) in [6, 6.07) is 12.2. The van der Waals surface area contributed by atoms with Gasteiger partial charge in [-0.1, -0.05) is 18.2 Å². The smallest absolute Gasteiger partial charge is 0.251 e. The van der Waals surface area contributed by atoms with E-state index in [1.165, 1.54) is 26.2 Å². The van der Waals surface area contributed by atoms with E-state index in [0.717, 1.165) is 15.6 Å². The van der Waals surface area contributed by atoms with Gasteiger partial charge in [-0.3, -0.25) is 4.79 Å². The third-order valence-electron chi connectivity index (χ3n) is 4.81. The quantitative estimate of drug-likeness (QED) is 0.710. The van der Waals surface area contributed by atoms with Crippen molar-refractivity contribution in [1.82, 2.24) is 14.5 Å². The van der Waals surface area contributed by atoms with E-state index in [9.17, 15) is 13.2 Å². The fraction of sp³-hybridized carbons (Fsp3) is 0.381. The number of hydrogen-bond acceptors (Lipinski definition) is 5. The predicted molar refractivity (Wildman–Crippen MR) is 114 cm³/mol. The molecular weight excluding hydrogens is 390 g/mol. The van der Waals surface area contributed by atoms with Crippen LogP contribution in [0.15, 0.2) is 47.4 Å². The zero-order valence-corrected chi connectivity index (χ0v) is 18.6. The Balaban J connectivity index is 2.22. The lowest BCUT2D eigenvalue weighted by Crippen LogP contribution is -2.35. The fourth-order valence-electron chi connectivity index (χ4n) is 2.93. The number of hydrogen-bond donors (Lipinski definition) is 1. The van der Waals surface area contributed by atoms with Gasteiger partial charge in [-0.2, -0.15) is 0 Å². The van der Waals surface area contributed by atoms with Crippen molar-refractivity contribution in [3.8, 4) is 5.75 Å². The number of benzene rings is 2. The minimum absolute atomic E-state index is 0.0427. The van der Waals surface area contributed by atoms with Crippen LogP contribution < -0.4 is 10.1 Å². The SMILES string of the molecule is COc1ccc(C(CNC(=O)c2cc(S(=O)(=O)N(C)C)ccc2C)N(C)C)cc1. The van der Waals surface area contributed by atoms with Crippen LogP contribution in [0.25, 0.3) is 0 Å². The van der Waals surface area contributed by atoms with Crippen molar-refractivity contribution in [2.45, 2.75) is 17.9 Å². The van der Waals surface area contributed by atoms with Gasteiger partial charge >= 0.3 is 0 Å². The summed E-state index contributed by atoms with van der Waals surface area (Å²) in [6.45, 7) is 2.16. The Kier molecular flexibility index (Phi) is 7.40. The van der Waals surface area contributed by atoms with Gasteiger partial charge in [0.15, 0.2) is 0 Å². The third kappa shape index (κ3) is 5.35. The molecule has 2 aromatic rings. The third-order valence-corrected chi connectivity index (χ3v) is 6.62. The van der Waals surface area contributed by atoms with E-state index >= 15 is 0 Å². The minimum Gasteiger partial charge on any atom is -0.497 e. The summed E-state index contributed by atoms with van der Waals surface area (Å²) in [5.41, 5.74) is 2.10. The standard InChI is InChI=1S/C21H29N3O4S/c1-15-7-12-18(29(26,27)24(4)5)13-19(15)21(25)22-14-20(23(2)3)16-8-10-17(28-6)11-9-16/h7-13,20H,14H2,1-6H3,(H,22,25). The highest BCUT2D eigenvalue weighted by atomic mass is 32.2. The summed E-state index contributed by atoms with van der Waals surface area (Å²) in [6.07, 6.45) is 0. The summed E-state index contributed by atoms with van der Waals surface area (Å²) >= 11 is 0. The zero-order chi connectivity index (χ0) is 21.8. The molecule has 8 heteroatoms. The van der Waals surface area contributed by atoms with Crippen molar-refractivity contribution >= 4 is 15.9 Å². The molecule has 1 atom stereocenters. The van der Waals surface area contributed by atoms with Gasteiger partial charge < -0.3 is 15.0 Å². The van der Waals surface area contributed by atoms with Gasteiger partial charge in [0, 0.05) is 26.2 Å². The van der Waals surface area contributed by atoms with E-state index in [1.807, 2.05) is 43.3 Å². The number of sulfonamides is 1. The number of likely N-dealkylation sites (N-methyl/N-ethyl adjacent to an activating group) is 1. The topological polar surface area (TPSA) is 78.9 Å². The number of nitrogens with one attached hydrogen (secondary N) is 1. The maximum Gasteiger partial charge on any atom is 0.251 e. The number of nitrogens with zero attached hydrogens (tertiary/aromatic N) is 2. The lowest BCUT2D eigenvalue weighted by Gasteiger charge is -2.25. The van der Waals surface area contributed by atoms with E-state index in [-0.39, 0.29) is 16.8 Å². The highest BCUT2D eigenvalue weighted by Crippen LogP contribution is 2.22. The Bertz CT molecular complexity index is 954. The second kappa shape index (κ2) is 9.39. The molecule has 1 unspecified atom stereocenters. The molecule has 0 saturated heterocycles. The second-order valence-corrected chi connectivity index (χ2v) is 9.38. The van der Waals surface area contributed by atoms with Crippen LogP contribution in [0.1, 0.15) is 27.5 Å². The van der Waals surface area contributed by atoms with Gasteiger partial charge in [0.1, 0.15) is 5.75 Å². The van der Waals surface area contributed by atoms with E-state index in [2.05, 4.69) is 5.32 Å². The highest BCUT2D eigenvalue weighted by molar-refractivity contribution is 7.89. The van der Waals surface area contributed by atoms with Crippen molar-refractivity contribution in [3.05, 3.63) is 59.2 Å².